The van der Waals surface area contributed by atoms with Gasteiger partial charge in [0, 0.05) is 20.1 Å². The van der Waals surface area contributed by atoms with Gasteiger partial charge in [-0.2, -0.15) is 11.8 Å². The van der Waals surface area contributed by atoms with E-state index < -0.39 is 0 Å². The Labute approximate surface area is 145 Å². The van der Waals surface area contributed by atoms with Crippen LogP contribution >= 0.6 is 11.8 Å². The van der Waals surface area contributed by atoms with Crippen LogP contribution in [0.15, 0.2) is 29.3 Å². The summed E-state index contributed by atoms with van der Waals surface area (Å²) in [5.74, 6) is 2.09. The largest absolute Gasteiger partial charge is 0.374 e. The van der Waals surface area contributed by atoms with Crippen molar-refractivity contribution in [3.8, 4) is 0 Å². The Morgan fingerprint density at radius 3 is 2.43 bits per heavy atom. The second kappa shape index (κ2) is 12.3. The first-order valence-corrected chi connectivity index (χ1v) is 9.68. The summed E-state index contributed by atoms with van der Waals surface area (Å²) in [5, 5.41) is 6.70. The van der Waals surface area contributed by atoms with Crippen molar-refractivity contribution < 1.29 is 4.74 Å². The fraction of sp³-hybridized carbons (Fsp3) is 0.611. The Bertz CT molecular complexity index is 446. The highest BCUT2D eigenvalue weighted by atomic mass is 32.2. The van der Waals surface area contributed by atoms with Crippen LogP contribution in [0.1, 0.15) is 37.8 Å². The lowest BCUT2D eigenvalue weighted by Crippen LogP contribution is -2.37. The number of hydrogen-bond acceptors (Lipinski definition) is 3. The summed E-state index contributed by atoms with van der Waals surface area (Å²) in [6.07, 6.45) is 4.83. The Morgan fingerprint density at radius 1 is 1.13 bits per heavy atom. The molecule has 0 aliphatic carbocycles. The first kappa shape index (κ1) is 19.8. The van der Waals surface area contributed by atoms with Crippen molar-refractivity contribution in [3.63, 3.8) is 0 Å². The molecule has 1 aromatic carbocycles. The second-order valence-electron chi connectivity index (χ2n) is 5.73. The van der Waals surface area contributed by atoms with Crippen LogP contribution in [0.25, 0.3) is 0 Å². The van der Waals surface area contributed by atoms with Gasteiger partial charge < -0.3 is 15.4 Å². The molecule has 0 aliphatic heterocycles. The molecule has 23 heavy (non-hydrogen) atoms. The zero-order valence-corrected chi connectivity index (χ0v) is 15.7. The van der Waals surface area contributed by atoms with E-state index in [4.69, 9.17) is 4.74 Å². The minimum atomic E-state index is 0.265. The molecule has 0 bridgehead atoms. The predicted octanol–water partition coefficient (Wildman–Crippen LogP) is 3.42. The van der Waals surface area contributed by atoms with E-state index in [1.807, 2.05) is 18.8 Å². The Morgan fingerprint density at radius 2 is 1.83 bits per heavy atom. The topological polar surface area (TPSA) is 45.7 Å². The molecule has 0 spiro atoms. The third-order valence-electron chi connectivity index (χ3n) is 3.36. The van der Waals surface area contributed by atoms with Crippen molar-refractivity contribution in [2.24, 2.45) is 4.99 Å². The minimum absolute atomic E-state index is 0.265. The maximum absolute atomic E-state index is 5.61. The van der Waals surface area contributed by atoms with E-state index in [1.165, 1.54) is 29.7 Å². The number of nitrogens with zero attached hydrogens (tertiary/aromatic N) is 1. The van der Waals surface area contributed by atoms with Crippen LogP contribution in [-0.4, -0.2) is 37.7 Å². The van der Waals surface area contributed by atoms with Crippen molar-refractivity contribution >= 4 is 17.7 Å². The molecule has 0 aliphatic rings. The maximum Gasteiger partial charge on any atom is 0.191 e. The van der Waals surface area contributed by atoms with Gasteiger partial charge in [0.1, 0.15) is 0 Å². The molecule has 0 fully saturated rings. The van der Waals surface area contributed by atoms with E-state index in [0.717, 1.165) is 19.0 Å². The van der Waals surface area contributed by atoms with Crippen molar-refractivity contribution in [3.05, 3.63) is 35.4 Å². The molecule has 0 amide bonds. The highest BCUT2D eigenvalue weighted by molar-refractivity contribution is 7.98. The van der Waals surface area contributed by atoms with Gasteiger partial charge in [-0.25, -0.2) is 0 Å². The summed E-state index contributed by atoms with van der Waals surface area (Å²) in [6, 6.07) is 8.52. The van der Waals surface area contributed by atoms with Crippen LogP contribution in [0.2, 0.25) is 0 Å². The molecule has 0 radical (unpaired) electrons. The molecular formula is C18H31N3OS. The van der Waals surface area contributed by atoms with E-state index in [0.29, 0.717) is 6.61 Å². The molecule has 2 N–H and O–H groups in total. The highest BCUT2D eigenvalue weighted by Crippen LogP contribution is 2.07. The average Bonchev–Trinajstić information content (AvgIpc) is 2.56. The van der Waals surface area contributed by atoms with Crippen LogP contribution in [0.3, 0.4) is 0 Å². The fourth-order valence-corrected chi connectivity index (χ4v) is 2.49. The number of thioether (sulfide) groups is 1. The third-order valence-corrected chi connectivity index (χ3v) is 4.05. The lowest BCUT2D eigenvalue weighted by atomic mass is 10.1. The number of rotatable bonds is 10. The van der Waals surface area contributed by atoms with Gasteiger partial charge in [0.25, 0.3) is 0 Å². The normalized spacial score (nSPS) is 11.8. The molecule has 130 valence electrons. The van der Waals surface area contributed by atoms with Gasteiger partial charge in [-0.1, -0.05) is 24.3 Å². The minimum Gasteiger partial charge on any atom is -0.374 e. The van der Waals surface area contributed by atoms with Gasteiger partial charge in [-0.3, -0.25) is 4.99 Å². The zero-order valence-electron chi connectivity index (χ0n) is 14.9. The molecule has 0 unspecified atom stereocenters. The summed E-state index contributed by atoms with van der Waals surface area (Å²) >= 11 is 1.90. The van der Waals surface area contributed by atoms with E-state index in [9.17, 15) is 0 Å². The number of hydrogen-bond donors (Lipinski definition) is 2. The van der Waals surface area contributed by atoms with Crippen molar-refractivity contribution in [2.75, 3.05) is 25.6 Å². The molecule has 0 saturated carbocycles. The zero-order chi connectivity index (χ0) is 16.9. The molecule has 0 heterocycles. The van der Waals surface area contributed by atoms with Crippen molar-refractivity contribution in [1.82, 2.24) is 10.6 Å². The molecule has 0 aromatic heterocycles. The Kier molecular flexibility index (Phi) is 10.6. The van der Waals surface area contributed by atoms with E-state index in [2.05, 4.69) is 60.0 Å². The number of ether oxygens (including phenoxy) is 1. The molecule has 5 heteroatoms. The van der Waals surface area contributed by atoms with Gasteiger partial charge in [0.15, 0.2) is 5.96 Å². The van der Waals surface area contributed by atoms with Gasteiger partial charge >= 0.3 is 0 Å². The second-order valence-corrected chi connectivity index (χ2v) is 6.71. The van der Waals surface area contributed by atoms with Crippen molar-refractivity contribution in [1.29, 1.82) is 0 Å². The molecule has 1 rings (SSSR count). The highest BCUT2D eigenvalue weighted by Gasteiger charge is 2.00. The van der Waals surface area contributed by atoms with Gasteiger partial charge in [0.2, 0.25) is 0 Å². The standard InChI is InChI=1S/C18H31N3OS/c1-15(2)22-14-17-9-7-16(8-10-17)13-21-18(19-3)20-11-5-6-12-23-4/h7-10,15H,5-6,11-14H2,1-4H3,(H2,19,20,21). The third kappa shape index (κ3) is 9.51. The predicted molar refractivity (Wildman–Crippen MR) is 102 cm³/mol. The Balaban J connectivity index is 2.29. The average molecular weight is 338 g/mol. The quantitative estimate of drug-likeness (QED) is 0.390. The fourth-order valence-electron chi connectivity index (χ4n) is 2.00. The summed E-state index contributed by atoms with van der Waals surface area (Å²) in [4.78, 5) is 4.26. The molecule has 0 atom stereocenters. The summed E-state index contributed by atoms with van der Waals surface area (Å²) in [6.45, 7) is 6.52. The molecule has 1 aromatic rings. The summed E-state index contributed by atoms with van der Waals surface area (Å²) in [5.41, 5.74) is 2.45. The van der Waals surface area contributed by atoms with Crippen LogP contribution in [0.5, 0.6) is 0 Å². The number of unbranched alkanes of at least 4 members (excludes halogenated alkanes) is 1. The monoisotopic (exact) mass is 337 g/mol. The van der Waals surface area contributed by atoms with Gasteiger partial charge in [-0.05, 0) is 49.8 Å². The van der Waals surface area contributed by atoms with Crippen LogP contribution in [-0.2, 0) is 17.9 Å². The number of guanidine groups is 1. The Hall–Kier alpha value is -1.20. The van der Waals surface area contributed by atoms with Crippen LogP contribution < -0.4 is 10.6 Å². The smallest absolute Gasteiger partial charge is 0.191 e. The van der Waals surface area contributed by atoms with Gasteiger partial charge in [-0.15, -0.1) is 0 Å². The first-order chi connectivity index (χ1) is 11.2. The van der Waals surface area contributed by atoms with Crippen LogP contribution in [0, 0.1) is 0 Å². The number of nitrogens with one attached hydrogen (secondary N) is 2. The van der Waals surface area contributed by atoms with Gasteiger partial charge in [0.05, 0.1) is 12.7 Å². The van der Waals surface area contributed by atoms with Crippen LogP contribution in [0.4, 0.5) is 0 Å². The number of benzene rings is 1. The van der Waals surface area contributed by atoms with E-state index >= 15 is 0 Å². The lowest BCUT2D eigenvalue weighted by molar-refractivity contribution is 0.0657. The maximum atomic E-state index is 5.61. The lowest BCUT2D eigenvalue weighted by Gasteiger charge is -2.12. The molecular weight excluding hydrogens is 306 g/mol. The van der Waals surface area contributed by atoms with E-state index in [-0.39, 0.29) is 6.10 Å². The van der Waals surface area contributed by atoms with Crippen molar-refractivity contribution in [2.45, 2.75) is 45.9 Å². The number of aliphatic imine (C=N–C) groups is 1. The molecule has 4 nitrogen and oxygen atoms in total. The first-order valence-electron chi connectivity index (χ1n) is 8.28. The summed E-state index contributed by atoms with van der Waals surface area (Å²) < 4.78 is 5.61. The SMILES string of the molecule is CN=C(NCCCCSC)NCc1ccc(COC(C)C)cc1. The van der Waals surface area contributed by atoms with E-state index in [1.54, 1.807) is 0 Å². The summed E-state index contributed by atoms with van der Waals surface area (Å²) in [7, 11) is 1.81. The molecule has 0 saturated heterocycles.